The number of unbranched alkanes of at least 4 members (excludes halogenated alkanes) is 1. The zero-order chi connectivity index (χ0) is 14.8. The maximum atomic E-state index is 12.2. The van der Waals surface area contributed by atoms with Gasteiger partial charge < -0.3 is 14.8 Å². The summed E-state index contributed by atoms with van der Waals surface area (Å²) in [5.74, 6) is -0.0773. The van der Waals surface area contributed by atoms with E-state index in [9.17, 15) is 14.4 Å². The molecule has 106 valence electrons. The zero-order valence-corrected chi connectivity index (χ0v) is 11.4. The van der Waals surface area contributed by atoms with Crippen LogP contribution < -0.4 is 10.1 Å². The third-order valence-electron chi connectivity index (χ3n) is 3.20. The van der Waals surface area contributed by atoms with Crippen LogP contribution in [-0.2, 0) is 9.59 Å². The van der Waals surface area contributed by atoms with Gasteiger partial charge in [-0.05, 0) is 26.3 Å². The Balaban J connectivity index is 2.17. The number of fused-ring (bicyclic) bond motifs is 1. The summed E-state index contributed by atoms with van der Waals surface area (Å²) in [4.78, 5) is 38.3. The van der Waals surface area contributed by atoms with E-state index >= 15 is 0 Å². The first kappa shape index (κ1) is 14.2. The van der Waals surface area contributed by atoms with Crippen molar-refractivity contribution in [2.24, 2.45) is 5.41 Å². The number of nitrogens with zero attached hydrogens (tertiary/aromatic N) is 1. The minimum atomic E-state index is -1.08. The number of Topliss-reactive ketones (excluding diaryl/α,β-unsaturated/α-hetero) is 1. The number of pyridine rings is 1. The number of nitrogens with one attached hydrogen (secondary N) is 1. The third-order valence-corrected chi connectivity index (χ3v) is 3.20. The zero-order valence-electron chi connectivity index (χ0n) is 11.4. The van der Waals surface area contributed by atoms with Crippen molar-refractivity contribution in [2.75, 3.05) is 11.9 Å². The number of carbonyl (C=O) groups is 3. The summed E-state index contributed by atoms with van der Waals surface area (Å²) < 4.78 is 5.36. The fourth-order valence-electron chi connectivity index (χ4n) is 1.85. The summed E-state index contributed by atoms with van der Waals surface area (Å²) in [5, 5.41) is 2.62. The average Bonchev–Trinajstić information content (AvgIpc) is 2.42. The molecule has 0 bridgehead atoms. The van der Waals surface area contributed by atoms with Crippen LogP contribution in [0, 0.1) is 5.41 Å². The summed E-state index contributed by atoms with van der Waals surface area (Å²) in [6.07, 6.45) is 1.85. The Hall–Kier alpha value is -2.24. The minimum Gasteiger partial charge on any atom is -0.478 e. The van der Waals surface area contributed by atoms with E-state index in [4.69, 9.17) is 4.74 Å². The molecule has 0 aromatic carbocycles. The van der Waals surface area contributed by atoms with Gasteiger partial charge in [-0.25, -0.2) is 0 Å². The van der Waals surface area contributed by atoms with Crippen LogP contribution >= 0.6 is 0 Å². The number of hydrogen-bond acceptors (Lipinski definition) is 5. The van der Waals surface area contributed by atoms with Crippen molar-refractivity contribution in [3.63, 3.8) is 0 Å². The summed E-state index contributed by atoms with van der Waals surface area (Å²) in [6.45, 7) is 3.52. The lowest BCUT2D eigenvalue weighted by Gasteiger charge is -2.28. The lowest BCUT2D eigenvalue weighted by molar-refractivity contribution is -0.122. The molecule has 2 rings (SSSR count). The summed E-state index contributed by atoms with van der Waals surface area (Å²) in [7, 11) is 0. The van der Waals surface area contributed by atoms with Gasteiger partial charge in [0.2, 0.25) is 11.8 Å². The second-order valence-electron chi connectivity index (χ2n) is 5.11. The van der Waals surface area contributed by atoms with Gasteiger partial charge in [0.25, 0.3) is 0 Å². The van der Waals surface area contributed by atoms with E-state index in [1.807, 2.05) is 0 Å². The molecular formula is C14H16N2O4. The third kappa shape index (κ3) is 2.54. The van der Waals surface area contributed by atoms with Crippen LogP contribution in [0.1, 0.15) is 37.0 Å². The van der Waals surface area contributed by atoms with E-state index in [0.29, 0.717) is 30.9 Å². The highest BCUT2D eigenvalue weighted by Crippen LogP contribution is 2.33. The maximum Gasteiger partial charge on any atom is 0.239 e. The molecule has 1 aliphatic heterocycles. The van der Waals surface area contributed by atoms with Crippen LogP contribution in [0.4, 0.5) is 5.82 Å². The fourth-order valence-corrected chi connectivity index (χ4v) is 1.85. The Morgan fingerprint density at radius 3 is 2.80 bits per heavy atom. The number of carbonyl (C=O) groups excluding carboxylic acids is 3. The Morgan fingerprint density at radius 1 is 1.35 bits per heavy atom. The molecule has 6 heteroatoms. The van der Waals surface area contributed by atoms with Crippen molar-refractivity contribution in [1.82, 2.24) is 4.98 Å². The van der Waals surface area contributed by atoms with Crippen molar-refractivity contribution in [1.29, 1.82) is 0 Å². The highest BCUT2D eigenvalue weighted by Gasteiger charge is 2.42. The number of aromatic nitrogens is 1. The molecule has 1 aliphatic rings. The van der Waals surface area contributed by atoms with Crippen LogP contribution in [0.5, 0.6) is 5.88 Å². The molecule has 20 heavy (non-hydrogen) atoms. The van der Waals surface area contributed by atoms with E-state index in [1.165, 1.54) is 0 Å². The molecule has 2 heterocycles. The van der Waals surface area contributed by atoms with Crippen molar-refractivity contribution >= 4 is 23.8 Å². The normalized spacial score (nSPS) is 16.3. The van der Waals surface area contributed by atoms with E-state index in [1.54, 1.807) is 26.0 Å². The van der Waals surface area contributed by atoms with Gasteiger partial charge in [-0.2, -0.15) is 4.98 Å². The predicted octanol–water partition coefficient (Wildman–Crippen LogP) is 1.60. The van der Waals surface area contributed by atoms with Gasteiger partial charge >= 0.3 is 0 Å². The first-order valence-electron chi connectivity index (χ1n) is 6.40. The largest absolute Gasteiger partial charge is 0.478 e. The molecule has 0 fully saturated rings. The summed E-state index contributed by atoms with van der Waals surface area (Å²) in [6, 6.07) is 3.19. The highest BCUT2D eigenvalue weighted by atomic mass is 16.5. The molecule has 0 saturated carbocycles. The number of rotatable bonds is 5. The molecule has 0 aliphatic carbocycles. The van der Waals surface area contributed by atoms with Crippen LogP contribution in [0.2, 0.25) is 0 Å². The second-order valence-corrected chi connectivity index (χ2v) is 5.11. The van der Waals surface area contributed by atoms with Gasteiger partial charge in [-0.1, -0.05) is 0 Å². The van der Waals surface area contributed by atoms with Crippen LogP contribution in [-0.4, -0.2) is 29.6 Å². The molecule has 0 spiro atoms. The quantitative estimate of drug-likeness (QED) is 0.501. The number of ketones is 1. The Morgan fingerprint density at radius 2 is 2.10 bits per heavy atom. The van der Waals surface area contributed by atoms with Crippen molar-refractivity contribution < 1.29 is 19.1 Å². The molecule has 1 aromatic rings. The monoisotopic (exact) mass is 276 g/mol. The number of amides is 1. The van der Waals surface area contributed by atoms with Crippen LogP contribution in [0.3, 0.4) is 0 Å². The van der Waals surface area contributed by atoms with E-state index < -0.39 is 5.41 Å². The van der Waals surface area contributed by atoms with Crippen LogP contribution in [0.15, 0.2) is 12.1 Å². The molecule has 0 radical (unpaired) electrons. The van der Waals surface area contributed by atoms with Gasteiger partial charge in [0, 0.05) is 12.5 Å². The smallest absolute Gasteiger partial charge is 0.239 e. The first-order chi connectivity index (χ1) is 9.46. The molecule has 0 saturated heterocycles. The molecule has 0 atom stereocenters. The van der Waals surface area contributed by atoms with Gasteiger partial charge in [-0.3, -0.25) is 9.59 Å². The highest BCUT2D eigenvalue weighted by molar-refractivity contribution is 6.22. The van der Waals surface area contributed by atoms with Crippen molar-refractivity contribution in [3.05, 3.63) is 17.7 Å². The van der Waals surface area contributed by atoms with E-state index in [-0.39, 0.29) is 17.5 Å². The fraction of sp³-hybridized carbons (Fsp3) is 0.429. The summed E-state index contributed by atoms with van der Waals surface area (Å²) >= 11 is 0. The van der Waals surface area contributed by atoms with E-state index in [2.05, 4.69) is 10.3 Å². The van der Waals surface area contributed by atoms with E-state index in [0.717, 1.165) is 6.29 Å². The Labute approximate surface area is 116 Å². The van der Waals surface area contributed by atoms with Crippen molar-refractivity contribution in [3.8, 4) is 5.88 Å². The maximum absolute atomic E-state index is 12.2. The Kier molecular flexibility index (Phi) is 3.83. The van der Waals surface area contributed by atoms with Gasteiger partial charge in [0.15, 0.2) is 5.78 Å². The average molecular weight is 276 g/mol. The molecule has 1 amide bonds. The second kappa shape index (κ2) is 5.40. The number of hydrogen-bond donors (Lipinski definition) is 1. The molecular weight excluding hydrogens is 260 g/mol. The Bertz CT molecular complexity index is 566. The van der Waals surface area contributed by atoms with Crippen LogP contribution in [0.25, 0.3) is 0 Å². The standard InChI is InChI=1S/C14H16N2O4/c1-14(2)11(18)9-5-6-10(20-8-4-3-7-17)15-12(9)16-13(14)19/h5-7H,3-4,8H2,1-2H3,(H,15,16,19). The SMILES string of the molecule is CC1(C)C(=O)Nc2nc(OCCCC=O)ccc2C1=O. The predicted molar refractivity (Wildman–Crippen MR) is 71.8 cm³/mol. The van der Waals surface area contributed by atoms with Gasteiger partial charge in [0.1, 0.15) is 17.5 Å². The lowest BCUT2D eigenvalue weighted by atomic mass is 9.81. The minimum absolute atomic E-state index is 0.229. The van der Waals surface area contributed by atoms with Crippen molar-refractivity contribution in [2.45, 2.75) is 26.7 Å². The molecule has 0 unspecified atom stereocenters. The summed E-state index contributed by atoms with van der Waals surface area (Å²) in [5.41, 5.74) is -0.698. The van der Waals surface area contributed by atoms with Gasteiger partial charge in [0.05, 0.1) is 12.2 Å². The van der Waals surface area contributed by atoms with Gasteiger partial charge in [-0.15, -0.1) is 0 Å². The first-order valence-corrected chi connectivity index (χ1v) is 6.40. The molecule has 6 nitrogen and oxygen atoms in total. The lowest BCUT2D eigenvalue weighted by Crippen LogP contribution is -2.42. The molecule has 1 N–H and O–H groups in total. The number of anilines is 1. The topological polar surface area (TPSA) is 85.4 Å². The number of aldehydes is 1. The molecule has 1 aromatic heterocycles. The number of ether oxygens (including phenoxy) is 1.